The average Bonchev–Trinajstić information content (AvgIpc) is 3.12. The second kappa shape index (κ2) is 8.30. The van der Waals surface area contributed by atoms with Crippen LogP contribution < -0.4 is 15.4 Å². The van der Waals surface area contributed by atoms with Crippen molar-refractivity contribution in [2.24, 2.45) is 7.05 Å². The summed E-state index contributed by atoms with van der Waals surface area (Å²) >= 11 is 0. The summed E-state index contributed by atoms with van der Waals surface area (Å²) < 4.78 is 21.1. The van der Waals surface area contributed by atoms with Gasteiger partial charge in [-0.3, -0.25) is 19.3 Å². The highest BCUT2D eigenvalue weighted by Gasteiger charge is 2.14. The van der Waals surface area contributed by atoms with Crippen molar-refractivity contribution in [1.82, 2.24) is 20.1 Å². The van der Waals surface area contributed by atoms with Gasteiger partial charge in [0.1, 0.15) is 17.3 Å². The third kappa shape index (κ3) is 4.14. The van der Waals surface area contributed by atoms with Crippen LogP contribution in [0, 0.1) is 5.82 Å². The number of ether oxygens (including phenoxy) is 1. The second-order valence-electron chi connectivity index (χ2n) is 5.84. The van der Waals surface area contributed by atoms with E-state index in [1.54, 1.807) is 19.2 Å². The fraction of sp³-hybridized carbons (Fsp3) is 0.158. The molecule has 0 unspecified atom stereocenters. The predicted octanol–water partition coefficient (Wildman–Crippen LogP) is 2.00. The molecular weight excluding hydrogens is 365 g/mol. The van der Waals surface area contributed by atoms with E-state index < -0.39 is 17.6 Å². The number of carbonyl (C=O) groups excluding carboxylic acids is 2. The minimum Gasteiger partial charge on any atom is -0.494 e. The zero-order valence-corrected chi connectivity index (χ0v) is 15.3. The molecule has 0 spiro atoms. The zero-order chi connectivity index (χ0) is 20.1. The Morgan fingerprint density at radius 1 is 1.18 bits per heavy atom. The van der Waals surface area contributed by atoms with E-state index in [4.69, 9.17) is 4.74 Å². The third-order valence-electron chi connectivity index (χ3n) is 4.01. The Labute approximate surface area is 160 Å². The Hall–Kier alpha value is -3.75. The third-order valence-corrected chi connectivity index (χ3v) is 4.01. The van der Waals surface area contributed by atoms with E-state index in [1.165, 1.54) is 48.6 Å². The Morgan fingerprint density at radius 3 is 2.68 bits per heavy atom. The molecule has 2 amide bonds. The van der Waals surface area contributed by atoms with Crippen molar-refractivity contribution in [3.63, 3.8) is 0 Å². The molecule has 3 aromatic rings. The van der Waals surface area contributed by atoms with Crippen molar-refractivity contribution < 1.29 is 18.7 Å². The molecule has 0 fully saturated rings. The monoisotopic (exact) mass is 383 g/mol. The first-order chi connectivity index (χ1) is 13.5. The number of aryl methyl sites for hydroxylation is 1. The van der Waals surface area contributed by atoms with Crippen LogP contribution in [0.5, 0.6) is 5.75 Å². The lowest BCUT2D eigenvalue weighted by molar-refractivity contribution is -0.115. The molecule has 0 saturated carbocycles. The van der Waals surface area contributed by atoms with Crippen LogP contribution >= 0.6 is 0 Å². The number of amides is 2. The van der Waals surface area contributed by atoms with Gasteiger partial charge in [0, 0.05) is 36.3 Å². The van der Waals surface area contributed by atoms with E-state index in [-0.39, 0.29) is 12.2 Å². The molecule has 2 heterocycles. The highest BCUT2D eigenvalue weighted by molar-refractivity contribution is 5.98. The summed E-state index contributed by atoms with van der Waals surface area (Å²) in [7, 11) is 3.10. The van der Waals surface area contributed by atoms with Crippen LogP contribution in [-0.4, -0.2) is 40.2 Å². The number of pyridine rings is 1. The van der Waals surface area contributed by atoms with Crippen LogP contribution in [0.1, 0.15) is 10.5 Å². The summed E-state index contributed by atoms with van der Waals surface area (Å²) in [6.45, 7) is -0.258. The van der Waals surface area contributed by atoms with E-state index >= 15 is 0 Å². The predicted molar refractivity (Wildman–Crippen MR) is 100 cm³/mol. The van der Waals surface area contributed by atoms with Gasteiger partial charge < -0.3 is 15.4 Å². The maximum absolute atomic E-state index is 14.5. The molecule has 2 N–H and O–H groups in total. The highest BCUT2D eigenvalue weighted by Crippen LogP contribution is 2.31. The Kier molecular flexibility index (Phi) is 5.64. The number of methoxy groups -OCH3 is 1. The first-order valence-electron chi connectivity index (χ1n) is 8.33. The van der Waals surface area contributed by atoms with Crippen molar-refractivity contribution in [2.75, 3.05) is 19.0 Å². The number of rotatable bonds is 6. The minimum absolute atomic E-state index is 0.258. The summed E-state index contributed by atoms with van der Waals surface area (Å²) in [5.41, 5.74) is 1.47. The topological polar surface area (TPSA) is 98.1 Å². The largest absolute Gasteiger partial charge is 0.494 e. The molecule has 144 valence electrons. The average molecular weight is 383 g/mol. The van der Waals surface area contributed by atoms with E-state index in [1.807, 2.05) is 0 Å². The fourth-order valence-corrected chi connectivity index (χ4v) is 2.63. The number of aromatic nitrogens is 3. The van der Waals surface area contributed by atoms with E-state index in [0.29, 0.717) is 22.6 Å². The Balaban J connectivity index is 1.65. The minimum atomic E-state index is -0.527. The van der Waals surface area contributed by atoms with Gasteiger partial charge in [-0.2, -0.15) is 5.10 Å². The van der Waals surface area contributed by atoms with Crippen LogP contribution in [0.2, 0.25) is 0 Å². The van der Waals surface area contributed by atoms with Crippen molar-refractivity contribution in [3.05, 3.63) is 60.4 Å². The van der Waals surface area contributed by atoms with Crippen LogP contribution in [0.15, 0.2) is 48.9 Å². The molecule has 8 nitrogen and oxygen atoms in total. The molecule has 0 aliphatic rings. The SMILES string of the molecule is COc1cnccc1-c1ccc(NC(=O)CNC(=O)c2ccnn2C)cc1F. The van der Waals surface area contributed by atoms with Crippen LogP contribution in [-0.2, 0) is 11.8 Å². The summed E-state index contributed by atoms with van der Waals surface area (Å²) in [5, 5.41) is 8.92. The molecule has 2 aromatic heterocycles. The zero-order valence-electron chi connectivity index (χ0n) is 15.3. The number of benzene rings is 1. The maximum Gasteiger partial charge on any atom is 0.269 e. The summed E-state index contributed by atoms with van der Waals surface area (Å²) in [4.78, 5) is 28.0. The molecule has 0 saturated heterocycles. The molecule has 1 aromatic carbocycles. The lowest BCUT2D eigenvalue weighted by Gasteiger charge is -2.11. The molecule has 0 aliphatic heterocycles. The Morgan fingerprint density at radius 2 is 2.00 bits per heavy atom. The molecule has 0 bridgehead atoms. The molecule has 28 heavy (non-hydrogen) atoms. The number of hydrogen-bond acceptors (Lipinski definition) is 5. The summed E-state index contributed by atoms with van der Waals surface area (Å²) in [6, 6.07) is 7.49. The molecule has 0 radical (unpaired) electrons. The molecule has 0 aliphatic carbocycles. The van der Waals surface area contributed by atoms with Gasteiger partial charge in [-0.05, 0) is 30.3 Å². The van der Waals surface area contributed by atoms with E-state index in [2.05, 4.69) is 20.7 Å². The fourth-order valence-electron chi connectivity index (χ4n) is 2.63. The van der Waals surface area contributed by atoms with Gasteiger partial charge in [-0.15, -0.1) is 0 Å². The summed E-state index contributed by atoms with van der Waals surface area (Å²) in [5.74, 6) is -0.997. The number of halogens is 1. The number of carbonyl (C=O) groups is 2. The van der Waals surface area contributed by atoms with Crippen LogP contribution in [0.3, 0.4) is 0 Å². The smallest absolute Gasteiger partial charge is 0.269 e. The van der Waals surface area contributed by atoms with Gasteiger partial charge in [0.15, 0.2) is 0 Å². The first kappa shape index (κ1) is 19.0. The lowest BCUT2D eigenvalue weighted by Crippen LogP contribution is -2.33. The first-order valence-corrected chi connectivity index (χ1v) is 8.33. The number of nitrogens with one attached hydrogen (secondary N) is 2. The van der Waals surface area contributed by atoms with Gasteiger partial charge in [0.2, 0.25) is 5.91 Å². The van der Waals surface area contributed by atoms with Crippen molar-refractivity contribution in [2.45, 2.75) is 0 Å². The maximum atomic E-state index is 14.5. The standard InChI is InChI=1S/C19H18FN5O3/c1-25-16(6-8-23-25)19(27)22-11-18(26)24-12-3-4-13(15(20)9-12)14-5-7-21-10-17(14)28-2/h3-10H,11H2,1-2H3,(H,22,27)(H,24,26). The van der Waals surface area contributed by atoms with Crippen molar-refractivity contribution in [1.29, 1.82) is 0 Å². The quantitative estimate of drug-likeness (QED) is 0.678. The second-order valence-corrected chi connectivity index (χ2v) is 5.84. The van der Waals surface area contributed by atoms with E-state index in [0.717, 1.165) is 0 Å². The van der Waals surface area contributed by atoms with Crippen molar-refractivity contribution >= 4 is 17.5 Å². The molecule has 9 heteroatoms. The van der Waals surface area contributed by atoms with E-state index in [9.17, 15) is 14.0 Å². The van der Waals surface area contributed by atoms with Gasteiger partial charge >= 0.3 is 0 Å². The van der Waals surface area contributed by atoms with Crippen molar-refractivity contribution in [3.8, 4) is 16.9 Å². The van der Waals surface area contributed by atoms with Crippen LogP contribution in [0.4, 0.5) is 10.1 Å². The van der Waals surface area contributed by atoms with Gasteiger partial charge in [-0.1, -0.05) is 0 Å². The number of anilines is 1. The van der Waals surface area contributed by atoms with Gasteiger partial charge in [-0.25, -0.2) is 4.39 Å². The van der Waals surface area contributed by atoms with Crippen LogP contribution in [0.25, 0.3) is 11.1 Å². The lowest BCUT2D eigenvalue weighted by atomic mass is 10.1. The normalized spacial score (nSPS) is 10.4. The molecular formula is C19H18FN5O3. The number of hydrogen-bond donors (Lipinski definition) is 2. The highest BCUT2D eigenvalue weighted by atomic mass is 19.1. The molecule has 0 atom stereocenters. The molecule has 3 rings (SSSR count). The van der Waals surface area contributed by atoms with Gasteiger partial charge in [0.05, 0.1) is 19.9 Å². The van der Waals surface area contributed by atoms with Gasteiger partial charge in [0.25, 0.3) is 5.91 Å². The number of nitrogens with zero attached hydrogens (tertiary/aromatic N) is 3. The Bertz CT molecular complexity index is 1020. The summed E-state index contributed by atoms with van der Waals surface area (Å²) in [6.07, 6.45) is 4.52.